The average Bonchev–Trinajstić information content (AvgIpc) is 2.94. The van der Waals surface area contributed by atoms with E-state index < -0.39 is 5.41 Å². The maximum absolute atomic E-state index is 10.1. The topological polar surface area (TPSA) is 80.9 Å². The summed E-state index contributed by atoms with van der Waals surface area (Å²) in [6, 6.07) is 39.6. The number of hydrogen-bond donors (Lipinski definition) is 4. The Morgan fingerprint density at radius 3 is 1.32 bits per heavy atom. The molecule has 0 aliphatic heterocycles. The molecule has 5 aromatic rings. The second kappa shape index (κ2) is 10.7. The molecular formula is C34H30O4. The summed E-state index contributed by atoms with van der Waals surface area (Å²) in [5.74, 6) is 0.842. The van der Waals surface area contributed by atoms with Crippen LogP contribution in [0.15, 0.2) is 127 Å². The first-order chi connectivity index (χ1) is 18.4. The summed E-state index contributed by atoms with van der Waals surface area (Å²) in [5.41, 5.74) is 4.66. The van der Waals surface area contributed by atoms with Crippen LogP contribution in [0.5, 0.6) is 23.0 Å². The van der Waals surface area contributed by atoms with E-state index in [1.54, 1.807) is 48.5 Å². The summed E-state index contributed by atoms with van der Waals surface area (Å²) in [6.07, 6.45) is 1.37. The van der Waals surface area contributed by atoms with Crippen molar-refractivity contribution >= 4 is 0 Å². The highest BCUT2D eigenvalue weighted by Crippen LogP contribution is 2.47. The predicted molar refractivity (Wildman–Crippen MR) is 150 cm³/mol. The van der Waals surface area contributed by atoms with Crippen molar-refractivity contribution in [3.63, 3.8) is 0 Å². The third kappa shape index (κ3) is 5.21. The second-order valence-electron chi connectivity index (χ2n) is 9.73. The molecule has 4 N–H and O–H groups in total. The smallest absolute Gasteiger partial charge is 0.115 e. The minimum absolute atomic E-state index is 0.0166. The van der Waals surface area contributed by atoms with E-state index in [0.29, 0.717) is 12.8 Å². The van der Waals surface area contributed by atoms with Crippen molar-refractivity contribution < 1.29 is 20.4 Å². The number of rotatable bonds is 8. The van der Waals surface area contributed by atoms with Crippen LogP contribution in [-0.2, 0) is 11.8 Å². The van der Waals surface area contributed by atoms with Gasteiger partial charge in [-0.2, -0.15) is 0 Å². The lowest BCUT2D eigenvalue weighted by Crippen LogP contribution is -2.32. The van der Waals surface area contributed by atoms with Gasteiger partial charge in [0.25, 0.3) is 0 Å². The predicted octanol–water partition coefficient (Wildman–Crippen LogP) is 7.26. The maximum atomic E-state index is 10.1. The number of aromatic hydroxyl groups is 4. The molecule has 0 aliphatic carbocycles. The zero-order valence-corrected chi connectivity index (χ0v) is 20.9. The second-order valence-corrected chi connectivity index (χ2v) is 9.73. The van der Waals surface area contributed by atoms with E-state index in [1.165, 1.54) is 0 Å². The Labute approximate surface area is 222 Å². The molecule has 4 nitrogen and oxygen atoms in total. The molecule has 0 aliphatic rings. The lowest BCUT2D eigenvalue weighted by molar-refractivity contribution is 0.461. The van der Waals surface area contributed by atoms with E-state index in [4.69, 9.17) is 0 Å². The van der Waals surface area contributed by atoms with Crippen LogP contribution < -0.4 is 0 Å². The van der Waals surface area contributed by atoms with Crippen molar-refractivity contribution in [2.45, 2.75) is 24.2 Å². The summed E-state index contributed by atoms with van der Waals surface area (Å²) in [7, 11) is 0. The van der Waals surface area contributed by atoms with Crippen LogP contribution in [0.4, 0.5) is 0 Å². The molecule has 0 saturated carbocycles. The van der Waals surface area contributed by atoms with Crippen molar-refractivity contribution in [1.29, 1.82) is 0 Å². The van der Waals surface area contributed by atoms with Crippen molar-refractivity contribution in [3.8, 4) is 23.0 Å². The summed E-state index contributed by atoms with van der Waals surface area (Å²) in [6.45, 7) is 0. The van der Waals surface area contributed by atoms with Crippen molar-refractivity contribution in [2.24, 2.45) is 0 Å². The molecule has 4 heteroatoms. The Bertz CT molecular complexity index is 1410. The number of phenols is 4. The Kier molecular flexibility index (Phi) is 7.05. The zero-order chi connectivity index (χ0) is 26.5. The molecule has 0 heterocycles. The molecule has 0 aromatic heterocycles. The van der Waals surface area contributed by atoms with Crippen LogP contribution in [0.25, 0.3) is 0 Å². The molecule has 190 valence electrons. The summed E-state index contributed by atoms with van der Waals surface area (Å²) >= 11 is 0. The van der Waals surface area contributed by atoms with Gasteiger partial charge in [-0.15, -0.1) is 0 Å². The molecule has 0 bridgehead atoms. The Morgan fingerprint density at radius 2 is 0.842 bits per heavy atom. The lowest BCUT2D eigenvalue weighted by atomic mass is 9.63. The Hall–Kier alpha value is -4.70. The van der Waals surface area contributed by atoms with Gasteiger partial charge in [-0.1, -0.05) is 78.9 Å². The van der Waals surface area contributed by atoms with Gasteiger partial charge in [0.15, 0.2) is 0 Å². The van der Waals surface area contributed by atoms with Crippen LogP contribution in [0.3, 0.4) is 0 Å². The van der Waals surface area contributed by atoms with Gasteiger partial charge in [0.1, 0.15) is 23.0 Å². The number of phenolic OH excluding ortho intramolecular Hbond substituents is 4. The minimum Gasteiger partial charge on any atom is -0.508 e. The first-order valence-corrected chi connectivity index (χ1v) is 12.7. The average molecular weight is 503 g/mol. The van der Waals surface area contributed by atoms with E-state index in [2.05, 4.69) is 12.1 Å². The molecule has 0 spiro atoms. The zero-order valence-electron chi connectivity index (χ0n) is 20.9. The van der Waals surface area contributed by atoms with Crippen LogP contribution in [0.2, 0.25) is 0 Å². The van der Waals surface area contributed by atoms with Crippen LogP contribution in [-0.4, -0.2) is 20.4 Å². The fourth-order valence-corrected chi connectivity index (χ4v) is 5.41. The molecular weight excluding hydrogens is 472 g/mol. The maximum Gasteiger partial charge on any atom is 0.115 e. The van der Waals surface area contributed by atoms with Crippen LogP contribution in [0.1, 0.15) is 40.2 Å². The molecule has 38 heavy (non-hydrogen) atoms. The molecule has 1 atom stereocenters. The highest BCUT2D eigenvalue weighted by Gasteiger charge is 2.39. The SMILES string of the molecule is Oc1ccc(CC(CC(c2ccccc2)(c2ccc(O)cc2)c2ccc(O)cc2)c2ccc(O)cc2)cc1. The third-order valence-corrected chi connectivity index (χ3v) is 7.32. The quantitative estimate of drug-likeness (QED) is 0.168. The molecule has 1 unspecified atom stereocenters. The van der Waals surface area contributed by atoms with E-state index in [9.17, 15) is 20.4 Å². The Morgan fingerprint density at radius 1 is 0.447 bits per heavy atom. The fraction of sp³-hybridized carbons (Fsp3) is 0.118. The van der Waals surface area contributed by atoms with Gasteiger partial charge in [0.2, 0.25) is 0 Å². The van der Waals surface area contributed by atoms with Gasteiger partial charge in [-0.3, -0.25) is 0 Å². The normalized spacial score (nSPS) is 12.2. The van der Waals surface area contributed by atoms with Crippen LogP contribution >= 0.6 is 0 Å². The standard InChI is InChI=1S/C34H30O4/c35-30-14-6-24(7-15-30)22-26(25-8-16-31(36)17-9-25)23-34(27-4-2-1-3-5-27,28-10-18-32(37)19-11-28)29-12-20-33(38)21-13-29/h1-21,26,35-38H,22-23H2. The first kappa shape index (κ1) is 25.0. The van der Waals surface area contributed by atoms with Gasteiger partial charge in [-0.05, 0) is 95.1 Å². The third-order valence-electron chi connectivity index (χ3n) is 7.32. The molecule has 5 aromatic carbocycles. The fourth-order valence-electron chi connectivity index (χ4n) is 5.41. The van der Waals surface area contributed by atoms with Crippen molar-refractivity contribution in [1.82, 2.24) is 0 Å². The van der Waals surface area contributed by atoms with Gasteiger partial charge in [0.05, 0.1) is 0 Å². The van der Waals surface area contributed by atoms with Crippen molar-refractivity contribution in [3.05, 3.63) is 155 Å². The molecule has 0 radical (unpaired) electrons. The molecule has 5 rings (SSSR count). The highest BCUT2D eigenvalue weighted by atomic mass is 16.3. The molecule has 0 amide bonds. The molecule has 0 saturated heterocycles. The van der Waals surface area contributed by atoms with Crippen LogP contribution in [0, 0.1) is 0 Å². The summed E-state index contributed by atoms with van der Waals surface area (Å²) < 4.78 is 0. The lowest BCUT2D eigenvalue weighted by Gasteiger charge is -2.39. The van der Waals surface area contributed by atoms with E-state index >= 15 is 0 Å². The number of benzene rings is 5. The summed E-state index contributed by atoms with van der Waals surface area (Å²) in [5, 5.41) is 40.1. The van der Waals surface area contributed by atoms with Crippen molar-refractivity contribution in [2.75, 3.05) is 0 Å². The largest absolute Gasteiger partial charge is 0.508 e. The van der Waals surface area contributed by atoms with Gasteiger partial charge >= 0.3 is 0 Å². The minimum atomic E-state index is -0.623. The highest BCUT2D eigenvalue weighted by molar-refractivity contribution is 5.53. The monoisotopic (exact) mass is 502 g/mol. The van der Waals surface area contributed by atoms with E-state index in [0.717, 1.165) is 27.8 Å². The van der Waals surface area contributed by atoms with Gasteiger partial charge in [0, 0.05) is 5.41 Å². The summed E-state index contributed by atoms with van der Waals surface area (Å²) in [4.78, 5) is 0. The van der Waals surface area contributed by atoms with Gasteiger partial charge in [-0.25, -0.2) is 0 Å². The van der Waals surface area contributed by atoms with E-state index in [1.807, 2.05) is 66.7 Å². The Balaban J connectivity index is 1.73. The number of hydrogen-bond acceptors (Lipinski definition) is 4. The first-order valence-electron chi connectivity index (χ1n) is 12.7. The molecule has 0 fully saturated rings. The van der Waals surface area contributed by atoms with E-state index in [-0.39, 0.29) is 28.9 Å². The van der Waals surface area contributed by atoms with Gasteiger partial charge < -0.3 is 20.4 Å².